The third kappa shape index (κ3) is 6.78. The van der Waals surface area contributed by atoms with Crippen LogP contribution >= 0.6 is 0 Å². The standard InChI is InChI=1S/C17H36O/c1-5-9-12-16(13-10-6-2)17(18,14-8-4)15-11-7-3/h16,18H,5-15H2,1-4H3. The summed E-state index contributed by atoms with van der Waals surface area (Å²) in [5.41, 5.74) is -0.380. The fraction of sp³-hybridized carbons (Fsp3) is 1.00. The topological polar surface area (TPSA) is 20.2 Å². The van der Waals surface area contributed by atoms with Crippen LogP contribution in [0.3, 0.4) is 0 Å². The van der Waals surface area contributed by atoms with E-state index in [1.54, 1.807) is 0 Å². The molecule has 0 aromatic rings. The Kier molecular flexibility index (Phi) is 10.8. The Bertz CT molecular complexity index is 170. The van der Waals surface area contributed by atoms with E-state index in [-0.39, 0.29) is 5.60 Å². The maximum Gasteiger partial charge on any atom is 0.0675 e. The summed E-state index contributed by atoms with van der Waals surface area (Å²) in [5.74, 6) is 0.531. The van der Waals surface area contributed by atoms with E-state index < -0.39 is 0 Å². The summed E-state index contributed by atoms with van der Waals surface area (Å²) in [5, 5.41) is 11.1. The Hall–Kier alpha value is -0.0400. The second-order valence-electron chi connectivity index (χ2n) is 5.94. The van der Waals surface area contributed by atoms with Crippen LogP contribution in [-0.4, -0.2) is 10.7 Å². The van der Waals surface area contributed by atoms with Gasteiger partial charge in [0.15, 0.2) is 0 Å². The molecule has 0 fully saturated rings. The molecule has 0 rings (SSSR count). The molecule has 0 spiro atoms. The zero-order valence-electron chi connectivity index (χ0n) is 13.3. The van der Waals surface area contributed by atoms with Crippen LogP contribution in [0.5, 0.6) is 0 Å². The molecule has 18 heavy (non-hydrogen) atoms. The zero-order valence-corrected chi connectivity index (χ0v) is 13.3. The molecule has 1 nitrogen and oxygen atoms in total. The Morgan fingerprint density at radius 3 is 1.61 bits per heavy atom. The summed E-state index contributed by atoms with van der Waals surface area (Å²) in [6.07, 6.45) is 12.9. The molecule has 0 aromatic heterocycles. The molecule has 0 aromatic carbocycles. The van der Waals surface area contributed by atoms with Gasteiger partial charge < -0.3 is 5.11 Å². The number of unbranched alkanes of at least 4 members (excludes halogenated alkanes) is 3. The molecule has 0 aliphatic rings. The first-order valence-electron chi connectivity index (χ1n) is 8.36. The van der Waals surface area contributed by atoms with E-state index in [2.05, 4.69) is 27.7 Å². The van der Waals surface area contributed by atoms with E-state index in [0.717, 1.165) is 19.3 Å². The van der Waals surface area contributed by atoms with E-state index in [9.17, 15) is 5.11 Å². The number of hydrogen-bond acceptors (Lipinski definition) is 1. The summed E-state index contributed by atoms with van der Waals surface area (Å²) in [4.78, 5) is 0. The van der Waals surface area contributed by atoms with Gasteiger partial charge in [-0.25, -0.2) is 0 Å². The van der Waals surface area contributed by atoms with Gasteiger partial charge in [0.1, 0.15) is 0 Å². The molecule has 1 unspecified atom stereocenters. The van der Waals surface area contributed by atoms with Crippen LogP contribution in [-0.2, 0) is 0 Å². The van der Waals surface area contributed by atoms with Gasteiger partial charge in [-0.3, -0.25) is 0 Å². The van der Waals surface area contributed by atoms with Crippen molar-refractivity contribution < 1.29 is 5.11 Å². The highest BCUT2D eigenvalue weighted by atomic mass is 16.3. The minimum absolute atomic E-state index is 0.380. The molecule has 0 aliphatic heterocycles. The predicted octanol–water partition coefficient (Wildman–Crippen LogP) is 5.70. The van der Waals surface area contributed by atoms with Crippen molar-refractivity contribution >= 4 is 0 Å². The lowest BCUT2D eigenvalue weighted by Gasteiger charge is -2.37. The van der Waals surface area contributed by atoms with Crippen molar-refractivity contribution in [3.63, 3.8) is 0 Å². The molecule has 1 heteroatoms. The average molecular weight is 256 g/mol. The molecular weight excluding hydrogens is 220 g/mol. The van der Waals surface area contributed by atoms with Crippen molar-refractivity contribution in [2.24, 2.45) is 5.92 Å². The van der Waals surface area contributed by atoms with Gasteiger partial charge in [0.05, 0.1) is 5.60 Å². The maximum atomic E-state index is 11.1. The lowest BCUT2D eigenvalue weighted by Crippen LogP contribution is -2.38. The van der Waals surface area contributed by atoms with Gasteiger partial charge in [-0.15, -0.1) is 0 Å². The van der Waals surface area contributed by atoms with Gasteiger partial charge in [0.25, 0.3) is 0 Å². The highest BCUT2D eigenvalue weighted by Gasteiger charge is 2.33. The van der Waals surface area contributed by atoms with Crippen molar-refractivity contribution in [1.29, 1.82) is 0 Å². The van der Waals surface area contributed by atoms with E-state index >= 15 is 0 Å². The SMILES string of the molecule is CCCCC(CCCC)C(O)(CCC)CCCC. The zero-order chi connectivity index (χ0) is 13.9. The number of rotatable bonds is 12. The first kappa shape index (κ1) is 18.0. The molecule has 0 bridgehead atoms. The van der Waals surface area contributed by atoms with Crippen LogP contribution in [0.25, 0.3) is 0 Å². The second kappa shape index (κ2) is 10.8. The third-order valence-electron chi connectivity index (χ3n) is 4.22. The molecule has 0 aliphatic carbocycles. The number of hydrogen-bond donors (Lipinski definition) is 1. The molecule has 110 valence electrons. The van der Waals surface area contributed by atoms with Gasteiger partial charge in [-0.1, -0.05) is 72.6 Å². The first-order valence-corrected chi connectivity index (χ1v) is 8.36. The lowest BCUT2D eigenvalue weighted by atomic mass is 9.75. The molecule has 0 saturated carbocycles. The summed E-state index contributed by atoms with van der Waals surface area (Å²) >= 11 is 0. The fourth-order valence-corrected chi connectivity index (χ4v) is 3.03. The Morgan fingerprint density at radius 1 is 0.722 bits per heavy atom. The van der Waals surface area contributed by atoms with E-state index in [0.29, 0.717) is 5.92 Å². The summed E-state index contributed by atoms with van der Waals surface area (Å²) in [6.45, 7) is 8.93. The largest absolute Gasteiger partial charge is 0.390 e. The second-order valence-corrected chi connectivity index (χ2v) is 5.94. The Balaban J connectivity index is 4.58. The third-order valence-corrected chi connectivity index (χ3v) is 4.22. The van der Waals surface area contributed by atoms with Crippen LogP contribution in [0.15, 0.2) is 0 Å². The monoisotopic (exact) mass is 256 g/mol. The molecule has 0 amide bonds. The van der Waals surface area contributed by atoms with Crippen LogP contribution < -0.4 is 0 Å². The maximum absolute atomic E-state index is 11.1. The van der Waals surface area contributed by atoms with E-state index in [4.69, 9.17) is 0 Å². The normalized spacial score (nSPS) is 15.0. The Labute approximate surface area is 115 Å². The molecule has 0 saturated heterocycles. The first-order chi connectivity index (χ1) is 8.64. The predicted molar refractivity (Wildman–Crippen MR) is 81.9 cm³/mol. The summed E-state index contributed by atoms with van der Waals surface area (Å²) in [7, 11) is 0. The average Bonchev–Trinajstić information content (AvgIpc) is 2.37. The minimum atomic E-state index is -0.380. The van der Waals surface area contributed by atoms with Gasteiger partial charge in [0, 0.05) is 0 Å². The van der Waals surface area contributed by atoms with Crippen LogP contribution in [0, 0.1) is 5.92 Å². The molecular formula is C17H36O. The van der Waals surface area contributed by atoms with Crippen molar-refractivity contribution in [2.75, 3.05) is 0 Å². The number of aliphatic hydroxyl groups is 1. The van der Waals surface area contributed by atoms with Crippen molar-refractivity contribution in [1.82, 2.24) is 0 Å². The molecule has 1 atom stereocenters. The van der Waals surface area contributed by atoms with Gasteiger partial charge >= 0.3 is 0 Å². The van der Waals surface area contributed by atoms with Crippen LogP contribution in [0.2, 0.25) is 0 Å². The van der Waals surface area contributed by atoms with Crippen LogP contribution in [0.4, 0.5) is 0 Å². The van der Waals surface area contributed by atoms with Gasteiger partial charge in [0.2, 0.25) is 0 Å². The van der Waals surface area contributed by atoms with Crippen molar-refractivity contribution in [3.05, 3.63) is 0 Å². The Morgan fingerprint density at radius 2 is 1.22 bits per heavy atom. The highest BCUT2D eigenvalue weighted by Crippen LogP contribution is 2.35. The minimum Gasteiger partial charge on any atom is -0.390 e. The van der Waals surface area contributed by atoms with E-state index in [1.807, 2.05) is 0 Å². The molecule has 0 heterocycles. The van der Waals surface area contributed by atoms with Crippen molar-refractivity contribution in [2.45, 2.75) is 104 Å². The summed E-state index contributed by atoms with van der Waals surface area (Å²) in [6, 6.07) is 0. The fourth-order valence-electron chi connectivity index (χ4n) is 3.03. The van der Waals surface area contributed by atoms with Gasteiger partial charge in [-0.05, 0) is 31.6 Å². The van der Waals surface area contributed by atoms with Crippen molar-refractivity contribution in [3.8, 4) is 0 Å². The van der Waals surface area contributed by atoms with Crippen LogP contribution in [0.1, 0.15) is 98.3 Å². The highest BCUT2D eigenvalue weighted by molar-refractivity contribution is 4.86. The lowest BCUT2D eigenvalue weighted by molar-refractivity contribution is -0.0438. The molecule has 1 N–H and O–H groups in total. The molecule has 0 radical (unpaired) electrons. The van der Waals surface area contributed by atoms with Gasteiger partial charge in [-0.2, -0.15) is 0 Å². The quantitative estimate of drug-likeness (QED) is 0.474. The van der Waals surface area contributed by atoms with E-state index in [1.165, 1.54) is 51.4 Å². The smallest absolute Gasteiger partial charge is 0.0675 e. The summed E-state index contributed by atoms with van der Waals surface area (Å²) < 4.78 is 0.